The van der Waals surface area contributed by atoms with Gasteiger partial charge in [-0.3, -0.25) is 4.79 Å². The van der Waals surface area contributed by atoms with Crippen LogP contribution in [0.4, 0.5) is 11.4 Å². The number of rotatable bonds is 6. The summed E-state index contributed by atoms with van der Waals surface area (Å²) in [6.45, 7) is 5.48. The van der Waals surface area contributed by atoms with Crippen LogP contribution in [0.2, 0.25) is 0 Å². The van der Waals surface area contributed by atoms with Crippen LogP contribution in [0.25, 0.3) is 0 Å². The van der Waals surface area contributed by atoms with Crippen molar-refractivity contribution in [3.05, 3.63) is 23.8 Å². The number of anilines is 2. The number of benzene rings is 1. The second-order valence-corrected chi connectivity index (χ2v) is 5.27. The van der Waals surface area contributed by atoms with E-state index in [1.807, 2.05) is 19.1 Å². The van der Waals surface area contributed by atoms with E-state index in [0.717, 1.165) is 30.6 Å². The van der Waals surface area contributed by atoms with Crippen molar-refractivity contribution >= 4 is 17.3 Å². The fourth-order valence-electron chi connectivity index (χ4n) is 2.47. The van der Waals surface area contributed by atoms with Gasteiger partial charge in [-0.1, -0.05) is 12.1 Å². The maximum Gasteiger partial charge on any atom is 0.224 e. The molecule has 2 N–H and O–H groups in total. The number of ether oxygens (including phenoxy) is 1. The Bertz CT molecular complexity index is 460. The minimum Gasteiger partial charge on any atom is -0.382 e. The molecule has 0 saturated heterocycles. The van der Waals surface area contributed by atoms with Crippen molar-refractivity contribution in [2.24, 2.45) is 0 Å². The predicted octanol–water partition coefficient (Wildman–Crippen LogP) is 3.19. The molecule has 0 radical (unpaired) electrons. The van der Waals surface area contributed by atoms with Crippen molar-refractivity contribution in [1.29, 1.82) is 0 Å². The van der Waals surface area contributed by atoms with E-state index in [-0.39, 0.29) is 5.91 Å². The normalized spacial score (nSPS) is 17.2. The molecule has 2 rings (SSSR count). The maximum absolute atomic E-state index is 11.9. The van der Waals surface area contributed by atoms with Crippen molar-refractivity contribution in [2.75, 3.05) is 23.8 Å². The molecule has 1 aromatic carbocycles. The van der Waals surface area contributed by atoms with Gasteiger partial charge in [-0.2, -0.15) is 0 Å². The molecule has 1 heterocycles. The quantitative estimate of drug-likeness (QED) is 0.785. The number of aryl methyl sites for hydroxylation is 1. The summed E-state index contributed by atoms with van der Waals surface area (Å²) in [5.41, 5.74) is 3.27. The van der Waals surface area contributed by atoms with Crippen LogP contribution in [0, 0.1) is 0 Å². The third-order valence-corrected chi connectivity index (χ3v) is 3.56. The summed E-state index contributed by atoms with van der Waals surface area (Å²) >= 11 is 0. The van der Waals surface area contributed by atoms with Gasteiger partial charge in [0.05, 0.1) is 11.4 Å². The molecule has 0 aromatic heterocycles. The van der Waals surface area contributed by atoms with Crippen molar-refractivity contribution < 1.29 is 9.53 Å². The summed E-state index contributed by atoms with van der Waals surface area (Å²) in [6, 6.07) is 6.55. The van der Waals surface area contributed by atoms with Gasteiger partial charge in [-0.05, 0) is 44.7 Å². The molecule has 1 aliphatic heterocycles. The molecule has 0 saturated carbocycles. The zero-order chi connectivity index (χ0) is 14.4. The molecule has 0 aliphatic carbocycles. The van der Waals surface area contributed by atoms with E-state index in [9.17, 15) is 4.79 Å². The van der Waals surface area contributed by atoms with Gasteiger partial charge in [0.15, 0.2) is 0 Å². The van der Waals surface area contributed by atoms with Gasteiger partial charge in [0.2, 0.25) is 5.91 Å². The molecule has 1 amide bonds. The lowest BCUT2D eigenvalue weighted by atomic mass is 9.98. The number of fused-ring (bicyclic) bond motifs is 1. The maximum atomic E-state index is 11.9. The van der Waals surface area contributed by atoms with Gasteiger partial charge in [0, 0.05) is 25.7 Å². The van der Waals surface area contributed by atoms with Crippen molar-refractivity contribution in [1.82, 2.24) is 0 Å². The van der Waals surface area contributed by atoms with Crippen LogP contribution < -0.4 is 10.6 Å². The van der Waals surface area contributed by atoms with E-state index in [4.69, 9.17) is 4.74 Å². The highest BCUT2D eigenvalue weighted by molar-refractivity contribution is 5.95. The highest BCUT2D eigenvalue weighted by Crippen LogP contribution is 2.32. The number of carbonyl (C=O) groups excluding carboxylic acids is 1. The van der Waals surface area contributed by atoms with E-state index in [1.165, 1.54) is 5.56 Å². The second-order valence-electron chi connectivity index (χ2n) is 5.27. The lowest BCUT2D eigenvalue weighted by Gasteiger charge is -2.26. The van der Waals surface area contributed by atoms with Crippen molar-refractivity contribution in [2.45, 2.75) is 45.6 Å². The number of hydrogen-bond acceptors (Lipinski definition) is 3. The first-order valence-electron chi connectivity index (χ1n) is 7.46. The minimum atomic E-state index is 0.0538. The van der Waals surface area contributed by atoms with Gasteiger partial charge in [0.1, 0.15) is 0 Å². The molecule has 4 heteroatoms. The van der Waals surface area contributed by atoms with E-state index in [1.54, 1.807) is 0 Å². The van der Waals surface area contributed by atoms with Crippen molar-refractivity contribution in [3.63, 3.8) is 0 Å². The molecule has 0 spiro atoms. The van der Waals surface area contributed by atoms with Crippen LogP contribution in [0.1, 0.15) is 38.7 Å². The Hall–Kier alpha value is -1.55. The number of para-hydroxylation sites is 1. The Balaban J connectivity index is 1.94. The first kappa shape index (κ1) is 14.9. The largest absolute Gasteiger partial charge is 0.382 e. The summed E-state index contributed by atoms with van der Waals surface area (Å²) < 4.78 is 5.25. The molecule has 1 aromatic rings. The Morgan fingerprint density at radius 2 is 2.35 bits per heavy atom. The third kappa shape index (κ3) is 3.97. The van der Waals surface area contributed by atoms with E-state index in [0.29, 0.717) is 25.7 Å². The third-order valence-electron chi connectivity index (χ3n) is 3.56. The number of nitrogens with one attached hydrogen (secondary N) is 2. The summed E-state index contributed by atoms with van der Waals surface area (Å²) in [4.78, 5) is 11.9. The number of amides is 1. The first-order chi connectivity index (χ1) is 9.70. The topological polar surface area (TPSA) is 50.4 Å². The molecule has 4 nitrogen and oxygen atoms in total. The van der Waals surface area contributed by atoms with Gasteiger partial charge < -0.3 is 15.4 Å². The standard InChI is InChI=1S/C16H24N2O2/c1-3-20-11-5-8-15(19)18-14-7-4-6-13-10-9-12(2)17-16(13)14/h4,6-7,12,17H,3,5,8-11H2,1-2H3,(H,18,19). The van der Waals surface area contributed by atoms with Crippen LogP contribution in [0.5, 0.6) is 0 Å². The minimum absolute atomic E-state index is 0.0538. The Morgan fingerprint density at radius 3 is 3.15 bits per heavy atom. The number of hydrogen-bond donors (Lipinski definition) is 2. The number of carbonyl (C=O) groups is 1. The fraction of sp³-hybridized carbons (Fsp3) is 0.562. The van der Waals surface area contributed by atoms with E-state index < -0.39 is 0 Å². The Labute approximate surface area is 120 Å². The molecular weight excluding hydrogens is 252 g/mol. The van der Waals surface area contributed by atoms with Gasteiger partial charge in [0.25, 0.3) is 0 Å². The monoisotopic (exact) mass is 276 g/mol. The average Bonchev–Trinajstić information content (AvgIpc) is 2.44. The van der Waals surface area contributed by atoms with E-state index >= 15 is 0 Å². The van der Waals surface area contributed by atoms with E-state index in [2.05, 4.69) is 23.6 Å². The lowest BCUT2D eigenvalue weighted by molar-refractivity contribution is -0.116. The molecule has 1 aliphatic rings. The molecule has 0 fully saturated rings. The summed E-state index contributed by atoms with van der Waals surface area (Å²) in [7, 11) is 0. The van der Waals surface area contributed by atoms with Crippen LogP contribution >= 0.6 is 0 Å². The highest BCUT2D eigenvalue weighted by atomic mass is 16.5. The first-order valence-corrected chi connectivity index (χ1v) is 7.46. The van der Waals surface area contributed by atoms with Gasteiger partial charge in [-0.25, -0.2) is 0 Å². The Morgan fingerprint density at radius 1 is 1.50 bits per heavy atom. The second kappa shape index (κ2) is 7.29. The van der Waals surface area contributed by atoms with Crippen molar-refractivity contribution in [3.8, 4) is 0 Å². The fourth-order valence-corrected chi connectivity index (χ4v) is 2.47. The molecule has 110 valence electrons. The zero-order valence-electron chi connectivity index (χ0n) is 12.4. The molecule has 0 bridgehead atoms. The average molecular weight is 276 g/mol. The summed E-state index contributed by atoms with van der Waals surface area (Å²) in [5, 5.41) is 6.48. The van der Waals surface area contributed by atoms with Crippen LogP contribution in [0.3, 0.4) is 0 Å². The Kier molecular flexibility index (Phi) is 5.41. The van der Waals surface area contributed by atoms with Gasteiger partial charge in [-0.15, -0.1) is 0 Å². The molecule has 1 unspecified atom stereocenters. The lowest BCUT2D eigenvalue weighted by Crippen LogP contribution is -2.24. The van der Waals surface area contributed by atoms with Crippen LogP contribution in [0.15, 0.2) is 18.2 Å². The summed E-state index contributed by atoms with van der Waals surface area (Å²) in [5.74, 6) is 0.0538. The zero-order valence-corrected chi connectivity index (χ0v) is 12.4. The smallest absolute Gasteiger partial charge is 0.224 e. The van der Waals surface area contributed by atoms with Crippen LogP contribution in [-0.2, 0) is 16.0 Å². The molecule has 20 heavy (non-hydrogen) atoms. The summed E-state index contributed by atoms with van der Waals surface area (Å²) in [6.07, 6.45) is 3.47. The van der Waals surface area contributed by atoms with Gasteiger partial charge >= 0.3 is 0 Å². The highest BCUT2D eigenvalue weighted by Gasteiger charge is 2.17. The SMILES string of the molecule is CCOCCCC(=O)Nc1cccc2c1NC(C)CC2. The molecule has 1 atom stereocenters. The molecular formula is C16H24N2O2. The predicted molar refractivity (Wildman–Crippen MR) is 82.2 cm³/mol. The van der Waals surface area contributed by atoms with Crippen LogP contribution in [-0.4, -0.2) is 25.2 Å².